The molecule has 1 aromatic heterocycles. The molecular formula is C15H14N2O5S. The van der Waals surface area contributed by atoms with Crippen LogP contribution in [0.4, 0.5) is 5.69 Å². The highest BCUT2D eigenvalue weighted by atomic mass is 32.2. The van der Waals surface area contributed by atoms with Crippen molar-refractivity contribution in [1.82, 2.24) is 0 Å². The predicted molar refractivity (Wildman–Crippen MR) is 85.5 cm³/mol. The van der Waals surface area contributed by atoms with E-state index in [4.69, 9.17) is 4.42 Å². The molecule has 0 N–H and O–H groups in total. The summed E-state index contributed by atoms with van der Waals surface area (Å²) in [5, 5.41) is 10.8. The second-order valence-corrected chi connectivity index (χ2v) is 7.57. The summed E-state index contributed by atoms with van der Waals surface area (Å²) >= 11 is 0. The standard InChI is InChI=1S/C15H14N2O5S/c18-17(19)13-3-1-2-11(8-13)15-5-4-14(22-15)9-16-12-6-7-23(20,21)10-12/h1-5,8-9,12H,6-7,10H2/t12-/m0/s1. The zero-order valence-corrected chi connectivity index (χ0v) is 12.9. The molecule has 0 bridgehead atoms. The van der Waals surface area contributed by atoms with Gasteiger partial charge in [0.15, 0.2) is 9.84 Å². The van der Waals surface area contributed by atoms with Gasteiger partial charge >= 0.3 is 0 Å². The molecule has 0 amide bonds. The topological polar surface area (TPSA) is 103 Å². The predicted octanol–water partition coefficient (Wildman–Crippen LogP) is 2.46. The zero-order chi connectivity index (χ0) is 16.4. The molecular weight excluding hydrogens is 320 g/mol. The van der Waals surface area contributed by atoms with Crippen LogP contribution in [0.25, 0.3) is 11.3 Å². The Labute approximate surface area is 132 Å². The second kappa shape index (κ2) is 5.96. The molecule has 0 unspecified atom stereocenters. The molecule has 1 fully saturated rings. The lowest BCUT2D eigenvalue weighted by molar-refractivity contribution is -0.384. The van der Waals surface area contributed by atoms with Gasteiger partial charge in [0.25, 0.3) is 5.69 Å². The van der Waals surface area contributed by atoms with E-state index in [2.05, 4.69) is 4.99 Å². The van der Waals surface area contributed by atoms with Gasteiger partial charge in [-0.25, -0.2) is 8.42 Å². The fourth-order valence-electron chi connectivity index (χ4n) is 2.42. The average molecular weight is 334 g/mol. The molecule has 0 saturated carbocycles. The number of sulfone groups is 1. The van der Waals surface area contributed by atoms with Crippen LogP contribution in [0.1, 0.15) is 12.2 Å². The molecule has 1 aromatic carbocycles. The molecule has 3 rings (SSSR count). The summed E-state index contributed by atoms with van der Waals surface area (Å²) in [5.41, 5.74) is 0.590. The molecule has 8 heteroatoms. The van der Waals surface area contributed by atoms with Crippen LogP contribution >= 0.6 is 0 Å². The van der Waals surface area contributed by atoms with E-state index in [1.165, 1.54) is 18.3 Å². The second-order valence-electron chi connectivity index (χ2n) is 5.34. The van der Waals surface area contributed by atoms with Gasteiger partial charge in [0.2, 0.25) is 0 Å². The monoisotopic (exact) mass is 334 g/mol. The molecule has 0 aliphatic carbocycles. The highest BCUT2D eigenvalue weighted by molar-refractivity contribution is 7.91. The van der Waals surface area contributed by atoms with Gasteiger partial charge in [0.1, 0.15) is 11.5 Å². The van der Waals surface area contributed by atoms with Crippen molar-refractivity contribution in [2.75, 3.05) is 11.5 Å². The van der Waals surface area contributed by atoms with Gasteiger partial charge in [-0.3, -0.25) is 15.1 Å². The average Bonchev–Trinajstić information content (AvgIpc) is 3.11. The van der Waals surface area contributed by atoms with E-state index in [1.807, 2.05) is 0 Å². The number of nitrogens with zero attached hydrogens (tertiary/aromatic N) is 2. The molecule has 0 spiro atoms. The molecule has 2 heterocycles. The van der Waals surface area contributed by atoms with Crippen LogP contribution in [-0.4, -0.2) is 37.1 Å². The van der Waals surface area contributed by atoms with Crippen LogP contribution in [0.3, 0.4) is 0 Å². The minimum atomic E-state index is -2.96. The maximum absolute atomic E-state index is 11.4. The van der Waals surface area contributed by atoms with E-state index >= 15 is 0 Å². The number of hydrogen-bond acceptors (Lipinski definition) is 6. The van der Waals surface area contributed by atoms with Gasteiger partial charge in [-0.15, -0.1) is 0 Å². The highest BCUT2D eigenvalue weighted by Gasteiger charge is 2.26. The third-order valence-corrected chi connectivity index (χ3v) is 5.34. The van der Waals surface area contributed by atoms with Crippen molar-refractivity contribution in [2.24, 2.45) is 4.99 Å². The van der Waals surface area contributed by atoms with Crippen LogP contribution < -0.4 is 0 Å². The zero-order valence-electron chi connectivity index (χ0n) is 12.1. The van der Waals surface area contributed by atoms with Crippen LogP contribution in [0.5, 0.6) is 0 Å². The SMILES string of the molecule is O=[N+]([O-])c1cccc(-c2ccc(C=N[C@H]3CCS(=O)(=O)C3)o2)c1. The molecule has 23 heavy (non-hydrogen) atoms. The summed E-state index contributed by atoms with van der Waals surface area (Å²) in [4.78, 5) is 14.6. The number of aliphatic imine (C=N–C) groups is 1. The van der Waals surface area contributed by atoms with E-state index in [1.54, 1.807) is 24.3 Å². The van der Waals surface area contributed by atoms with Crippen molar-refractivity contribution < 1.29 is 17.8 Å². The minimum absolute atomic E-state index is 0.00900. The third-order valence-electron chi connectivity index (χ3n) is 3.59. The van der Waals surface area contributed by atoms with Gasteiger partial charge < -0.3 is 4.42 Å². The van der Waals surface area contributed by atoms with Crippen molar-refractivity contribution in [3.63, 3.8) is 0 Å². The Balaban J connectivity index is 1.76. The number of nitro benzene ring substituents is 1. The lowest BCUT2D eigenvalue weighted by atomic mass is 10.1. The molecule has 1 atom stereocenters. The lowest BCUT2D eigenvalue weighted by Crippen LogP contribution is -2.07. The maximum atomic E-state index is 11.4. The lowest BCUT2D eigenvalue weighted by Gasteiger charge is -1.98. The van der Waals surface area contributed by atoms with Crippen molar-refractivity contribution in [3.8, 4) is 11.3 Å². The number of nitro groups is 1. The number of furan rings is 1. The quantitative estimate of drug-likeness (QED) is 0.485. The van der Waals surface area contributed by atoms with Crippen molar-refractivity contribution in [1.29, 1.82) is 0 Å². The number of hydrogen-bond donors (Lipinski definition) is 0. The van der Waals surface area contributed by atoms with Crippen LogP contribution in [-0.2, 0) is 9.84 Å². The Morgan fingerprint density at radius 2 is 2.13 bits per heavy atom. The molecule has 1 aliphatic heterocycles. The smallest absolute Gasteiger partial charge is 0.270 e. The fourth-order valence-corrected chi connectivity index (χ4v) is 4.06. The molecule has 7 nitrogen and oxygen atoms in total. The molecule has 1 saturated heterocycles. The Hall–Kier alpha value is -2.48. The maximum Gasteiger partial charge on any atom is 0.270 e. The number of benzene rings is 1. The van der Waals surface area contributed by atoms with Crippen molar-refractivity contribution >= 4 is 21.7 Å². The first-order valence-corrected chi connectivity index (χ1v) is 8.83. The first-order chi connectivity index (χ1) is 10.9. The first kappa shape index (κ1) is 15.4. The Kier molecular flexibility index (Phi) is 3.99. The number of non-ortho nitro benzene ring substituents is 1. The summed E-state index contributed by atoms with van der Waals surface area (Å²) in [6, 6.07) is 9.32. The summed E-state index contributed by atoms with van der Waals surface area (Å²) in [6.07, 6.45) is 2.03. The van der Waals surface area contributed by atoms with E-state index < -0.39 is 14.8 Å². The van der Waals surface area contributed by atoms with Crippen LogP contribution in [0.2, 0.25) is 0 Å². The summed E-state index contributed by atoms with van der Waals surface area (Å²) < 4.78 is 28.3. The van der Waals surface area contributed by atoms with Crippen molar-refractivity contribution in [2.45, 2.75) is 12.5 Å². The molecule has 120 valence electrons. The van der Waals surface area contributed by atoms with E-state index in [0.717, 1.165) is 0 Å². The van der Waals surface area contributed by atoms with Gasteiger partial charge in [-0.2, -0.15) is 0 Å². The first-order valence-electron chi connectivity index (χ1n) is 7.01. The van der Waals surface area contributed by atoms with Crippen LogP contribution in [0.15, 0.2) is 45.8 Å². The summed E-state index contributed by atoms with van der Waals surface area (Å²) in [7, 11) is -2.96. The van der Waals surface area contributed by atoms with Crippen LogP contribution in [0, 0.1) is 10.1 Å². The van der Waals surface area contributed by atoms with Crippen molar-refractivity contribution in [3.05, 3.63) is 52.3 Å². The number of rotatable bonds is 4. The molecule has 0 radical (unpaired) electrons. The van der Waals surface area contributed by atoms with E-state index in [9.17, 15) is 18.5 Å². The summed E-state index contributed by atoms with van der Waals surface area (Å²) in [6.45, 7) is 0. The molecule has 2 aromatic rings. The van der Waals surface area contributed by atoms with Gasteiger partial charge in [-0.05, 0) is 18.6 Å². The molecule has 1 aliphatic rings. The van der Waals surface area contributed by atoms with Gasteiger partial charge in [0.05, 0.1) is 28.7 Å². The summed E-state index contributed by atoms with van der Waals surface area (Å²) in [5.74, 6) is 1.22. The van der Waals surface area contributed by atoms with Gasteiger partial charge in [-0.1, -0.05) is 12.1 Å². The van der Waals surface area contributed by atoms with Gasteiger partial charge in [0, 0.05) is 17.7 Å². The Bertz CT molecular complexity index is 869. The Morgan fingerprint density at radius 3 is 2.83 bits per heavy atom. The fraction of sp³-hybridized carbons (Fsp3) is 0.267. The Morgan fingerprint density at radius 1 is 1.30 bits per heavy atom. The van der Waals surface area contributed by atoms with E-state index in [-0.39, 0.29) is 23.2 Å². The minimum Gasteiger partial charge on any atom is -0.455 e. The largest absolute Gasteiger partial charge is 0.455 e. The highest BCUT2D eigenvalue weighted by Crippen LogP contribution is 2.25. The normalized spacial score (nSPS) is 20.1. The van der Waals surface area contributed by atoms with E-state index in [0.29, 0.717) is 23.5 Å². The third kappa shape index (κ3) is 3.65.